The van der Waals surface area contributed by atoms with E-state index in [1.165, 1.54) is 24.0 Å². The maximum Gasteiger partial charge on any atom is 0.416 e. The largest absolute Gasteiger partial charge is 0.467 e. The number of carbonyl (C=O) groups is 4. The van der Waals surface area contributed by atoms with E-state index >= 15 is 0 Å². The molecule has 4 atom stereocenters. The van der Waals surface area contributed by atoms with E-state index in [0.717, 1.165) is 32.6 Å². The standard InChI is InChI=1S/C25H32F3N3O6/c1-15(37-16(2)32)20(22(34)36-3)30-23(35)24(14-17-7-9-18(10-8-17)25(26,27)28)11-5-13-31(24)21(33)19-6-4-12-29-19/h7-10,15,19-20,29H,4-6,11-14H2,1-3H3,(H,30,35)/t15-,19?,20+,24?/m1/s1. The quantitative estimate of drug-likeness (QED) is 0.497. The third-order valence-electron chi connectivity index (χ3n) is 6.88. The van der Waals surface area contributed by atoms with Gasteiger partial charge in [0.2, 0.25) is 11.8 Å². The lowest BCUT2D eigenvalue weighted by Gasteiger charge is -2.40. The first-order valence-electron chi connectivity index (χ1n) is 12.2. The van der Waals surface area contributed by atoms with Crippen molar-refractivity contribution in [3.63, 3.8) is 0 Å². The first kappa shape index (κ1) is 28.4. The minimum atomic E-state index is -4.52. The number of alkyl halides is 3. The lowest BCUT2D eigenvalue weighted by molar-refractivity contribution is -0.158. The summed E-state index contributed by atoms with van der Waals surface area (Å²) in [6, 6.07) is 2.60. The second kappa shape index (κ2) is 11.5. The number of methoxy groups -OCH3 is 1. The van der Waals surface area contributed by atoms with Crippen LogP contribution in [0.25, 0.3) is 0 Å². The van der Waals surface area contributed by atoms with Gasteiger partial charge in [0.15, 0.2) is 6.04 Å². The van der Waals surface area contributed by atoms with Gasteiger partial charge in [0.25, 0.3) is 0 Å². The van der Waals surface area contributed by atoms with E-state index in [1.807, 2.05) is 0 Å². The van der Waals surface area contributed by atoms with E-state index in [1.54, 1.807) is 0 Å². The Morgan fingerprint density at radius 3 is 2.41 bits per heavy atom. The highest BCUT2D eigenvalue weighted by atomic mass is 19.4. The smallest absolute Gasteiger partial charge is 0.416 e. The first-order valence-corrected chi connectivity index (χ1v) is 12.2. The summed E-state index contributed by atoms with van der Waals surface area (Å²) < 4.78 is 49.1. The van der Waals surface area contributed by atoms with E-state index < -0.39 is 53.3 Å². The summed E-state index contributed by atoms with van der Waals surface area (Å²) in [6.45, 7) is 3.51. The Kier molecular flexibility index (Phi) is 8.83. The third kappa shape index (κ3) is 6.41. The number of nitrogens with zero attached hydrogens (tertiary/aromatic N) is 1. The number of amides is 2. The van der Waals surface area contributed by atoms with Gasteiger partial charge in [0, 0.05) is 19.9 Å². The van der Waals surface area contributed by atoms with Crippen LogP contribution in [-0.2, 0) is 41.2 Å². The van der Waals surface area contributed by atoms with E-state index in [-0.39, 0.29) is 25.3 Å². The van der Waals surface area contributed by atoms with Gasteiger partial charge in [-0.1, -0.05) is 12.1 Å². The van der Waals surface area contributed by atoms with Crippen molar-refractivity contribution in [3.05, 3.63) is 35.4 Å². The molecular formula is C25H32F3N3O6. The van der Waals surface area contributed by atoms with Crippen LogP contribution in [-0.4, -0.2) is 72.6 Å². The number of rotatable bonds is 8. The number of nitrogens with one attached hydrogen (secondary N) is 2. The first-order chi connectivity index (χ1) is 17.4. The Hall–Kier alpha value is -3.15. The summed E-state index contributed by atoms with van der Waals surface area (Å²) in [4.78, 5) is 52.8. The fraction of sp³-hybridized carbons (Fsp3) is 0.600. The van der Waals surface area contributed by atoms with Crippen LogP contribution in [0.4, 0.5) is 13.2 Å². The van der Waals surface area contributed by atoms with Crippen LogP contribution in [0.15, 0.2) is 24.3 Å². The van der Waals surface area contributed by atoms with Gasteiger partial charge in [-0.25, -0.2) is 4.79 Å². The Labute approximate surface area is 213 Å². The number of likely N-dealkylation sites (tertiary alicyclic amines) is 1. The lowest BCUT2D eigenvalue weighted by Crippen LogP contribution is -2.64. The summed E-state index contributed by atoms with van der Waals surface area (Å²) in [5, 5.41) is 5.73. The van der Waals surface area contributed by atoms with E-state index in [4.69, 9.17) is 9.47 Å². The highest BCUT2D eigenvalue weighted by Gasteiger charge is 2.52. The summed E-state index contributed by atoms with van der Waals surface area (Å²) >= 11 is 0. The number of halogens is 3. The highest BCUT2D eigenvalue weighted by Crippen LogP contribution is 2.36. The Bertz CT molecular complexity index is 1010. The molecule has 0 aliphatic carbocycles. The molecule has 2 fully saturated rings. The molecule has 2 heterocycles. The molecule has 2 aliphatic heterocycles. The average Bonchev–Trinajstić information content (AvgIpc) is 3.52. The van der Waals surface area contributed by atoms with Gasteiger partial charge in [0.05, 0.1) is 18.7 Å². The van der Waals surface area contributed by atoms with Gasteiger partial charge in [-0.05, 0) is 56.8 Å². The van der Waals surface area contributed by atoms with Crippen molar-refractivity contribution in [1.29, 1.82) is 0 Å². The van der Waals surface area contributed by atoms with Crippen molar-refractivity contribution in [2.75, 3.05) is 20.2 Å². The number of hydrogen-bond acceptors (Lipinski definition) is 7. The number of esters is 2. The van der Waals surface area contributed by atoms with Crippen molar-refractivity contribution in [2.24, 2.45) is 0 Å². The summed E-state index contributed by atoms with van der Waals surface area (Å²) in [7, 11) is 1.12. The highest BCUT2D eigenvalue weighted by molar-refractivity contribution is 5.96. The van der Waals surface area contributed by atoms with Crippen molar-refractivity contribution in [3.8, 4) is 0 Å². The predicted molar refractivity (Wildman–Crippen MR) is 125 cm³/mol. The molecule has 2 unspecified atom stereocenters. The molecule has 1 aromatic rings. The Morgan fingerprint density at radius 1 is 1.19 bits per heavy atom. The zero-order chi connectivity index (χ0) is 27.4. The van der Waals surface area contributed by atoms with Gasteiger partial charge in [-0.15, -0.1) is 0 Å². The van der Waals surface area contributed by atoms with Crippen molar-refractivity contribution in [2.45, 2.75) is 75.9 Å². The molecule has 2 aliphatic rings. The monoisotopic (exact) mass is 527 g/mol. The molecular weight excluding hydrogens is 495 g/mol. The number of carbonyl (C=O) groups excluding carboxylic acids is 4. The van der Waals surface area contributed by atoms with E-state index in [0.29, 0.717) is 24.9 Å². The minimum Gasteiger partial charge on any atom is -0.467 e. The molecule has 0 bridgehead atoms. The molecule has 0 radical (unpaired) electrons. The van der Waals surface area contributed by atoms with Crippen LogP contribution in [0.1, 0.15) is 50.7 Å². The molecule has 0 aromatic heterocycles. The van der Waals surface area contributed by atoms with Gasteiger partial charge in [-0.3, -0.25) is 14.4 Å². The molecule has 204 valence electrons. The van der Waals surface area contributed by atoms with Crippen LogP contribution in [0, 0.1) is 0 Å². The number of hydrogen-bond donors (Lipinski definition) is 2. The van der Waals surface area contributed by atoms with Gasteiger partial charge >= 0.3 is 18.1 Å². The third-order valence-corrected chi connectivity index (χ3v) is 6.88. The molecule has 1 aromatic carbocycles. The molecule has 2 amide bonds. The maximum absolute atomic E-state index is 13.9. The molecule has 3 rings (SSSR count). The second-order valence-electron chi connectivity index (χ2n) is 9.43. The number of ether oxygens (including phenoxy) is 2. The maximum atomic E-state index is 13.9. The van der Waals surface area contributed by atoms with Crippen molar-refractivity contribution in [1.82, 2.24) is 15.5 Å². The van der Waals surface area contributed by atoms with E-state index in [2.05, 4.69) is 10.6 Å². The molecule has 2 N–H and O–H groups in total. The fourth-order valence-corrected chi connectivity index (χ4v) is 5.03. The van der Waals surface area contributed by atoms with Gasteiger partial charge in [-0.2, -0.15) is 13.2 Å². The summed E-state index contributed by atoms with van der Waals surface area (Å²) in [5.41, 5.74) is -1.88. The normalized spacial score (nSPS) is 23.3. The number of benzene rings is 1. The molecule has 37 heavy (non-hydrogen) atoms. The second-order valence-corrected chi connectivity index (χ2v) is 9.43. The lowest BCUT2D eigenvalue weighted by atomic mass is 9.85. The van der Waals surface area contributed by atoms with Crippen molar-refractivity contribution >= 4 is 23.8 Å². The van der Waals surface area contributed by atoms with Crippen LogP contribution < -0.4 is 10.6 Å². The SMILES string of the molecule is COC(=O)[C@@H](NC(=O)C1(Cc2ccc(C(F)(F)F)cc2)CCCN1C(=O)C1CCCN1)[C@@H](C)OC(C)=O. The van der Waals surface area contributed by atoms with Crippen LogP contribution in [0.3, 0.4) is 0 Å². The zero-order valence-corrected chi connectivity index (χ0v) is 21.0. The Balaban J connectivity index is 1.97. The molecule has 12 heteroatoms. The van der Waals surface area contributed by atoms with Crippen molar-refractivity contribution < 1.29 is 41.8 Å². The van der Waals surface area contributed by atoms with Gasteiger partial charge < -0.3 is 25.0 Å². The summed E-state index contributed by atoms with van der Waals surface area (Å²) in [5.74, 6) is -2.47. The van der Waals surface area contributed by atoms with E-state index in [9.17, 15) is 32.3 Å². The van der Waals surface area contributed by atoms with Crippen LogP contribution >= 0.6 is 0 Å². The van der Waals surface area contributed by atoms with Crippen LogP contribution in [0.2, 0.25) is 0 Å². The molecule has 9 nitrogen and oxygen atoms in total. The molecule has 2 saturated heterocycles. The molecule has 0 saturated carbocycles. The Morgan fingerprint density at radius 2 is 1.86 bits per heavy atom. The zero-order valence-electron chi connectivity index (χ0n) is 21.0. The van der Waals surface area contributed by atoms with Crippen LogP contribution in [0.5, 0.6) is 0 Å². The minimum absolute atomic E-state index is 0.0642. The average molecular weight is 528 g/mol. The topological polar surface area (TPSA) is 114 Å². The fourth-order valence-electron chi connectivity index (χ4n) is 5.03. The van der Waals surface area contributed by atoms with Gasteiger partial charge in [0.1, 0.15) is 11.6 Å². The summed E-state index contributed by atoms with van der Waals surface area (Å²) in [6.07, 6.45) is -3.54. The molecule has 0 spiro atoms. The predicted octanol–water partition coefficient (Wildman–Crippen LogP) is 1.97.